The van der Waals surface area contributed by atoms with Crippen LogP contribution in [0.25, 0.3) is 50.1 Å². The number of hydrogen-bond acceptors (Lipinski definition) is 0. The van der Waals surface area contributed by atoms with Crippen LogP contribution in [0.5, 0.6) is 0 Å². The van der Waals surface area contributed by atoms with E-state index in [1.807, 2.05) is 48.5 Å². The molecule has 0 heterocycles. The third-order valence-electron chi connectivity index (χ3n) is 10.7. The molecular formula is C49H28F8. The Kier molecular flexibility index (Phi) is 8.80. The molecule has 0 saturated carbocycles. The number of fused-ring (bicyclic) bond motifs is 3. The fourth-order valence-corrected chi connectivity index (χ4v) is 8.44. The predicted molar refractivity (Wildman–Crippen MR) is 206 cm³/mol. The third-order valence-corrected chi connectivity index (χ3v) is 10.7. The van der Waals surface area contributed by atoms with Gasteiger partial charge >= 0.3 is 0 Å². The molecule has 0 amide bonds. The zero-order valence-corrected chi connectivity index (χ0v) is 29.7. The molecule has 0 aromatic heterocycles. The van der Waals surface area contributed by atoms with E-state index in [-0.39, 0.29) is 22.3 Å². The summed E-state index contributed by atoms with van der Waals surface area (Å²) in [5.41, 5.74) is 4.74. The first-order chi connectivity index (χ1) is 27.4. The van der Waals surface area contributed by atoms with Gasteiger partial charge in [0.15, 0.2) is 0 Å². The van der Waals surface area contributed by atoms with Crippen molar-refractivity contribution in [1.29, 1.82) is 0 Å². The Balaban J connectivity index is 1.44. The highest BCUT2D eigenvalue weighted by molar-refractivity contribution is 5.90. The van der Waals surface area contributed by atoms with Crippen LogP contribution in [0.4, 0.5) is 35.1 Å². The van der Waals surface area contributed by atoms with Crippen LogP contribution in [0.15, 0.2) is 158 Å². The van der Waals surface area contributed by atoms with Crippen LogP contribution in [-0.4, -0.2) is 6.17 Å². The molecule has 7 aromatic rings. The maximum atomic E-state index is 15.0. The van der Waals surface area contributed by atoms with Gasteiger partial charge in [0.25, 0.3) is 0 Å². The molecule has 0 aliphatic heterocycles. The molecule has 0 nitrogen and oxygen atoms in total. The molecule has 0 spiro atoms. The van der Waals surface area contributed by atoms with Crippen molar-refractivity contribution in [2.24, 2.45) is 0 Å². The summed E-state index contributed by atoms with van der Waals surface area (Å²) in [6.07, 6.45) is 0.441. The van der Waals surface area contributed by atoms with Gasteiger partial charge in [0.05, 0.1) is 5.41 Å². The fraction of sp³-hybridized carbons (Fsp3) is 0.0612. The molecule has 0 saturated heterocycles. The average Bonchev–Trinajstić information content (AvgIpc) is 3.47. The molecule has 2 aliphatic rings. The van der Waals surface area contributed by atoms with Gasteiger partial charge < -0.3 is 0 Å². The largest absolute Gasteiger partial charge is 0.242 e. The summed E-state index contributed by atoms with van der Waals surface area (Å²) in [6.45, 7) is 0. The van der Waals surface area contributed by atoms with Crippen LogP contribution in [0.3, 0.4) is 0 Å². The number of allylic oxidation sites excluding steroid dienone is 4. The summed E-state index contributed by atoms with van der Waals surface area (Å²) in [5.74, 6) is -5.72. The molecule has 0 bridgehead atoms. The molecule has 1 unspecified atom stereocenters. The molecule has 0 N–H and O–H groups in total. The van der Waals surface area contributed by atoms with Crippen molar-refractivity contribution in [1.82, 2.24) is 0 Å². The van der Waals surface area contributed by atoms with Gasteiger partial charge in [-0.1, -0.05) is 48.5 Å². The zero-order valence-electron chi connectivity index (χ0n) is 29.7. The smallest absolute Gasteiger partial charge is 0.126 e. The van der Waals surface area contributed by atoms with Gasteiger partial charge in [-0.15, -0.1) is 0 Å². The van der Waals surface area contributed by atoms with Crippen LogP contribution in [0.2, 0.25) is 0 Å². The third kappa shape index (κ3) is 6.45. The van der Waals surface area contributed by atoms with Crippen molar-refractivity contribution in [3.05, 3.63) is 220 Å². The number of halogens is 8. The summed E-state index contributed by atoms with van der Waals surface area (Å²) < 4.78 is 119. The maximum Gasteiger partial charge on any atom is 0.126 e. The normalized spacial score (nSPS) is 15.5. The number of alkyl halides is 1. The van der Waals surface area contributed by atoms with Crippen molar-refractivity contribution < 1.29 is 35.1 Å². The second kappa shape index (κ2) is 13.9. The molecule has 8 heteroatoms. The quantitative estimate of drug-likeness (QED) is 0.148. The highest BCUT2D eigenvalue weighted by Gasteiger charge is 2.46. The van der Waals surface area contributed by atoms with Gasteiger partial charge in [-0.2, -0.15) is 0 Å². The molecule has 9 rings (SSSR count). The lowest BCUT2D eigenvalue weighted by Gasteiger charge is -2.35. The first-order valence-electron chi connectivity index (χ1n) is 18.1. The van der Waals surface area contributed by atoms with Crippen LogP contribution >= 0.6 is 0 Å². The van der Waals surface area contributed by atoms with E-state index in [4.69, 9.17) is 0 Å². The van der Waals surface area contributed by atoms with Crippen LogP contribution in [0.1, 0.15) is 34.2 Å². The fourth-order valence-electron chi connectivity index (χ4n) is 8.44. The van der Waals surface area contributed by atoms with E-state index in [1.54, 1.807) is 36.4 Å². The Morgan fingerprint density at radius 1 is 0.404 bits per heavy atom. The minimum Gasteiger partial charge on any atom is -0.242 e. The summed E-state index contributed by atoms with van der Waals surface area (Å²) in [6, 6.07) is 34.5. The van der Waals surface area contributed by atoms with E-state index >= 15 is 0 Å². The summed E-state index contributed by atoms with van der Waals surface area (Å²) in [4.78, 5) is 0. The topological polar surface area (TPSA) is 0 Å². The first-order valence-corrected chi connectivity index (χ1v) is 18.1. The number of hydrogen-bond donors (Lipinski definition) is 0. The lowest BCUT2D eigenvalue weighted by atomic mass is 9.66. The summed E-state index contributed by atoms with van der Waals surface area (Å²) >= 11 is 0. The first kappa shape index (κ1) is 36.1. The summed E-state index contributed by atoms with van der Waals surface area (Å²) in [7, 11) is 0. The highest BCUT2D eigenvalue weighted by Crippen LogP contribution is 2.57. The monoisotopic (exact) mass is 768 g/mol. The molecule has 2 aliphatic carbocycles. The molecule has 57 heavy (non-hydrogen) atoms. The van der Waals surface area contributed by atoms with E-state index in [0.717, 1.165) is 76.9 Å². The molecule has 0 radical (unpaired) electrons. The highest BCUT2D eigenvalue weighted by atomic mass is 19.2. The standard InChI is InChI=1S/C49H28F8/c50-37-15-31(16-38(51)23-37)27-9-28(32-17-39(52)24-40(53)18-32)12-35(11-27)49(47-7-3-1-5-45(47)46-6-2-4-8-48(46)49)36-13-29(33-19-41(54)25-42(55)20-33)10-30(14-36)34-21-43(56)26-44(57)22-34/h1-25,43H,26H2. The van der Waals surface area contributed by atoms with Gasteiger partial charge in [0.1, 0.15) is 46.9 Å². The Morgan fingerprint density at radius 3 is 1.16 bits per heavy atom. The van der Waals surface area contributed by atoms with E-state index in [0.29, 0.717) is 33.4 Å². The van der Waals surface area contributed by atoms with Crippen LogP contribution in [0, 0.1) is 34.9 Å². The van der Waals surface area contributed by atoms with Gasteiger partial charge in [0, 0.05) is 24.6 Å². The van der Waals surface area contributed by atoms with Gasteiger partial charge in [-0.05, 0) is 163 Å². The number of benzene rings is 7. The van der Waals surface area contributed by atoms with Gasteiger partial charge in [-0.25, -0.2) is 35.1 Å². The SMILES string of the molecule is FC1=CC(c2cc(-c3cc(F)cc(F)c3)cc(C3(c4cc(-c5cc(F)cc(F)c5)cc(-c5cc(F)cc(F)c5)c4)c4ccccc4-c4ccccc43)c2)=CC(F)C1. The molecular weight excluding hydrogens is 741 g/mol. The molecule has 0 fully saturated rings. The molecule has 7 aromatic carbocycles. The van der Waals surface area contributed by atoms with E-state index in [1.165, 1.54) is 12.2 Å². The maximum absolute atomic E-state index is 15.0. The van der Waals surface area contributed by atoms with E-state index in [2.05, 4.69) is 0 Å². The Labute approximate surface area is 322 Å². The van der Waals surface area contributed by atoms with Gasteiger partial charge in [0.2, 0.25) is 0 Å². The molecule has 280 valence electrons. The summed E-state index contributed by atoms with van der Waals surface area (Å²) in [5, 5.41) is 0. The van der Waals surface area contributed by atoms with Crippen molar-refractivity contribution in [3.8, 4) is 44.5 Å². The van der Waals surface area contributed by atoms with Crippen molar-refractivity contribution in [2.75, 3.05) is 0 Å². The second-order valence-electron chi connectivity index (χ2n) is 14.3. The van der Waals surface area contributed by atoms with Crippen molar-refractivity contribution in [2.45, 2.75) is 18.0 Å². The predicted octanol–water partition coefficient (Wildman–Crippen LogP) is 13.9. The Hall–Kier alpha value is -6.54. The van der Waals surface area contributed by atoms with Crippen LogP contribution in [-0.2, 0) is 5.41 Å². The van der Waals surface area contributed by atoms with E-state index in [9.17, 15) is 35.1 Å². The lowest BCUT2D eigenvalue weighted by Crippen LogP contribution is -2.29. The lowest BCUT2D eigenvalue weighted by molar-refractivity contribution is 0.370. The Bertz CT molecular complexity index is 2660. The van der Waals surface area contributed by atoms with Crippen molar-refractivity contribution in [3.63, 3.8) is 0 Å². The van der Waals surface area contributed by atoms with Crippen LogP contribution < -0.4 is 0 Å². The van der Waals surface area contributed by atoms with Gasteiger partial charge in [-0.3, -0.25) is 0 Å². The minimum atomic E-state index is -1.64. The minimum absolute atomic E-state index is 0.147. The zero-order chi connectivity index (χ0) is 39.6. The second-order valence-corrected chi connectivity index (χ2v) is 14.3. The molecule has 1 atom stereocenters. The Morgan fingerprint density at radius 2 is 0.754 bits per heavy atom. The van der Waals surface area contributed by atoms with E-state index < -0.39 is 58.7 Å². The van der Waals surface area contributed by atoms with Crippen molar-refractivity contribution >= 4 is 5.57 Å². The average molecular weight is 769 g/mol. The number of rotatable bonds is 6.